The number of hydrogen-bond acceptors (Lipinski definition) is 3. The minimum Gasteiger partial charge on any atom is -0.411 e. The summed E-state index contributed by atoms with van der Waals surface area (Å²) in [6.07, 6.45) is 4.60. The van der Waals surface area contributed by atoms with E-state index >= 15 is 0 Å². The minimum absolute atomic E-state index is 0.792. The van der Waals surface area contributed by atoms with E-state index in [1.54, 1.807) is 24.5 Å². The van der Waals surface area contributed by atoms with Crippen molar-refractivity contribution in [3.05, 3.63) is 30.1 Å². The van der Waals surface area contributed by atoms with Gasteiger partial charge < -0.3 is 5.21 Å². The first-order chi connectivity index (χ1) is 4.43. The Morgan fingerprint density at radius 2 is 2.56 bits per heavy atom. The number of aromatic nitrogens is 1. The summed E-state index contributed by atoms with van der Waals surface area (Å²) in [5, 5.41) is 10.9. The highest BCUT2D eigenvalue weighted by Gasteiger charge is 1.81. The van der Waals surface area contributed by atoms with Crippen molar-refractivity contribution in [1.82, 2.24) is 4.98 Å². The van der Waals surface area contributed by atoms with Crippen LogP contribution in [0.25, 0.3) is 0 Å². The fraction of sp³-hybridized carbons (Fsp3) is 0. The molecule has 0 aromatic carbocycles. The summed E-state index contributed by atoms with van der Waals surface area (Å²) in [4.78, 5) is 3.80. The lowest BCUT2D eigenvalue weighted by Crippen LogP contribution is -1.79. The van der Waals surface area contributed by atoms with Gasteiger partial charge in [-0.2, -0.15) is 0 Å². The Kier molecular flexibility index (Phi) is 1.80. The summed E-state index contributed by atoms with van der Waals surface area (Å²) in [5.74, 6) is 0. The molecule has 0 spiro atoms. The fourth-order valence-electron chi connectivity index (χ4n) is 0.519. The van der Waals surface area contributed by atoms with Crippen molar-refractivity contribution in [3.63, 3.8) is 0 Å². The van der Waals surface area contributed by atoms with Crippen LogP contribution >= 0.6 is 0 Å². The van der Waals surface area contributed by atoms with E-state index in [2.05, 4.69) is 10.1 Å². The molecule has 1 aromatic heterocycles. The first kappa shape index (κ1) is 5.75. The van der Waals surface area contributed by atoms with Gasteiger partial charge in [-0.05, 0) is 6.07 Å². The number of hydrogen-bond donors (Lipinski definition) is 1. The average molecular weight is 122 g/mol. The maximum absolute atomic E-state index is 8.06. The van der Waals surface area contributed by atoms with Gasteiger partial charge in [0.1, 0.15) is 0 Å². The molecule has 0 unspecified atom stereocenters. The second-order valence-electron chi connectivity index (χ2n) is 1.53. The number of pyridine rings is 1. The highest BCUT2D eigenvalue weighted by Crippen LogP contribution is 1.88. The van der Waals surface area contributed by atoms with E-state index in [0.29, 0.717) is 0 Å². The molecule has 0 radical (unpaired) electrons. The molecule has 0 aliphatic carbocycles. The van der Waals surface area contributed by atoms with Crippen LogP contribution in [0.15, 0.2) is 29.7 Å². The monoisotopic (exact) mass is 122 g/mol. The Balaban J connectivity index is 2.85. The van der Waals surface area contributed by atoms with Gasteiger partial charge in [0.2, 0.25) is 0 Å². The highest BCUT2D eigenvalue weighted by atomic mass is 16.4. The molecule has 1 N–H and O–H groups in total. The molecule has 0 atom stereocenters. The van der Waals surface area contributed by atoms with Crippen LogP contribution in [0.5, 0.6) is 0 Å². The summed E-state index contributed by atoms with van der Waals surface area (Å²) in [6, 6.07) is 3.57. The Morgan fingerprint density at radius 3 is 3.11 bits per heavy atom. The largest absolute Gasteiger partial charge is 0.411 e. The van der Waals surface area contributed by atoms with Crippen LogP contribution in [0.2, 0.25) is 0 Å². The van der Waals surface area contributed by atoms with Gasteiger partial charge in [-0.1, -0.05) is 11.2 Å². The standard InChI is InChI=1S/C6H6N2O/c9-8-5-6-2-1-3-7-4-6/h1-5,9H/b8-5-. The van der Waals surface area contributed by atoms with E-state index in [1.807, 2.05) is 0 Å². The quantitative estimate of drug-likeness (QED) is 0.341. The van der Waals surface area contributed by atoms with E-state index in [-0.39, 0.29) is 0 Å². The van der Waals surface area contributed by atoms with Gasteiger partial charge in [0, 0.05) is 18.0 Å². The normalized spacial score (nSPS) is 10.2. The third kappa shape index (κ3) is 1.53. The smallest absolute Gasteiger partial charge is 0.0749 e. The van der Waals surface area contributed by atoms with Gasteiger partial charge in [-0.3, -0.25) is 4.98 Å². The van der Waals surface area contributed by atoms with Crippen LogP contribution in [-0.2, 0) is 0 Å². The van der Waals surface area contributed by atoms with Crippen molar-refractivity contribution in [2.24, 2.45) is 5.16 Å². The Bertz CT molecular complexity index is 195. The lowest BCUT2D eigenvalue weighted by molar-refractivity contribution is 0.322. The summed E-state index contributed by atoms with van der Waals surface area (Å²) < 4.78 is 0. The van der Waals surface area contributed by atoms with Crippen molar-refractivity contribution in [2.75, 3.05) is 0 Å². The van der Waals surface area contributed by atoms with E-state index < -0.39 is 0 Å². The molecule has 0 aliphatic heterocycles. The van der Waals surface area contributed by atoms with Crippen molar-refractivity contribution in [3.8, 4) is 0 Å². The van der Waals surface area contributed by atoms with Crippen molar-refractivity contribution < 1.29 is 5.21 Å². The van der Waals surface area contributed by atoms with Crippen molar-refractivity contribution >= 4 is 6.21 Å². The van der Waals surface area contributed by atoms with Gasteiger partial charge in [0.15, 0.2) is 0 Å². The third-order valence-corrected chi connectivity index (χ3v) is 0.891. The molecule has 3 heteroatoms. The molecule has 46 valence electrons. The number of oxime groups is 1. The SMILES string of the molecule is O/N=C\c1cccnc1. The first-order valence-electron chi connectivity index (χ1n) is 2.51. The summed E-state index contributed by atoms with van der Waals surface area (Å²) in [6.45, 7) is 0. The fourth-order valence-corrected chi connectivity index (χ4v) is 0.519. The maximum atomic E-state index is 8.06. The molecular formula is C6H6N2O. The van der Waals surface area contributed by atoms with Gasteiger partial charge >= 0.3 is 0 Å². The number of nitrogens with zero attached hydrogens (tertiary/aromatic N) is 2. The Hall–Kier alpha value is -1.38. The summed E-state index contributed by atoms with van der Waals surface area (Å²) in [5.41, 5.74) is 0.792. The first-order valence-corrected chi connectivity index (χ1v) is 2.51. The second-order valence-corrected chi connectivity index (χ2v) is 1.53. The average Bonchev–Trinajstić information content (AvgIpc) is 1.91. The van der Waals surface area contributed by atoms with Gasteiger partial charge in [-0.15, -0.1) is 0 Å². The topological polar surface area (TPSA) is 45.5 Å². The Morgan fingerprint density at radius 1 is 1.67 bits per heavy atom. The van der Waals surface area contributed by atoms with Crippen LogP contribution in [0.3, 0.4) is 0 Å². The molecule has 1 rings (SSSR count). The zero-order valence-electron chi connectivity index (χ0n) is 4.73. The highest BCUT2D eigenvalue weighted by molar-refractivity contribution is 5.78. The van der Waals surface area contributed by atoms with Crippen molar-refractivity contribution in [2.45, 2.75) is 0 Å². The number of rotatable bonds is 1. The van der Waals surface area contributed by atoms with Gasteiger partial charge in [-0.25, -0.2) is 0 Å². The maximum Gasteiger partial charge on any atom is 0.0749 e. The van der Waals surface area contributed by atoms with E-state index in [1.165, 1.54) is 6.21 Å². The molecule has 0 aliphatic rings. The molecule has 0 bridgehead atoms. The molecule has 0 amide bonds. The van der Waals surface area contributed by atoms with Crippen LogP contribution in [0.4, 0.5) is 0 Å². The molecular weight excluding hydrogens is 116 g/mol. The van der Waals surface area contributed by atoms with Crippen LogP contribution < -0.4 is 0 Å². The van der Waals surface area contributed by atoms with Gasteiger partial charge in [0.05, 0.1) is 6.21 Å². The predicted molar refractivity (Wildman–Crippen MR) is 33.6 cm³/mol. The predicted octanol–water partition coefficient (Wildman–Crippen LogP) is 0.890. The van der Waals surface area contributed by atoms with Crippen molar-refractivity contribution in [1.29, 1.82) is 0 Å². The summed E-state index contributed by atoms with van der Waals surface area (Å²) >= 11 is 0. The van der Waals surface area contributed by atoms with Crippen LogP contribution in [0.1, 0.15) is 5.56 Å². The van der Waals surface area contributed by atoms with E-state index in [0.717, 1.165) is 5.56 Å². The van der Waals surface area contributed by atoms with E-state index in [9.17, 15) is 0 Å². The molecule has 1 aromatic rings. The van der Waals surface area contributed by atoms with Crippen LogP contribution in [0, 0.1) is 0 Å². The zero-order valence-corrected chi connectivity index (χ0v) is 4.73. The second kappa shape index (κ2) is 2.81. The van der Waals surface area contributed by atoms with Gasteiger partial charge in [0.25, 0.3) is 0 Å². The van der Waals surface area contributed by atoms with E-state index in [4.69, 9.17) is 5.21 Å². The lowest BCUT2D eigenvalue weighted by Gasteiger charge is -1.84. The summed E-state index contributed by atoms with van der Waals surface area (Å²) in [7, 11) is 0. The minimum atomic E-state index is 0.792. The molecule has 0 saturated carbocycles. The molecule has 9 heavy (non-hydrogen) atoms. The Labute approximate surface area is 52.7 Å². The molecule has 3 nitrogen and oxygen atoms in total. The van der Waals surface area contributed by atoms with Crippen LogP contribution in [-0.4, -0.2) is 16.4 Å². The molecule has 1 heterocycles. The zero-order chi connectivity index (χ0) is 6.53. The lowest BCUT2D eigenvalue weighted by atomic mass is 10.3. The third-order valence-electron chi connectivity index (χ3n) is 0.891. The molecule has 0 fully saturated rings. The molecule has 0 saturated heterocycles.